The molecule has 6 heteroatoms. The number of carbonyl (C=O) groups excluding carboxylic acids is 1. The van der Waals surface area contributed by atoms with Gasteiger partial charge in [-0.25, -0.2) is 18.6 Å². The molecule has 1 heterocycles. The number of benzene rings is 2. The fraction of sp³-hybridized carbons (Fsp3) is 0.200. The first-order chi connectivity index (χ1) is 12.6. The van der Waals surface area contributed by atoms with Crippen molar-refractivity contribution in [2.24, 2.45) is 0 Å². The van der Waals surface area contributed by atoms with E-state index in [0.29, 0.717) is 29.9 Å². The Morgan fingerprint density at radius 1 is 1.08 bits per heavy atom. The van der Waals surface area contributed by atoms with Gasteiger partial charge >= 0.3 is 5.97 Å². The lowest BCUT2D eigenvalue weighted by molar-refractivity contribution is 0.0516. The smallest absolute Gasteiger partial charge is 0.356 e. The SMILES string of the molecule is CCOC(=O)c1cnc(CCc2ccccc2F)n1-c1ccc(F)cc1. The number of aromatic nitrogens is 2. The molecule has 0 saturated carbocycles. The summed E-state index contributed by atoms with van der Waals surface area (Å²) in [6, 6.07) is 12.3. The number of halogens is 2. The van der Waals surface area contributed by atoms with Crippen LogP contribution in [0.5, 0.6) is 0 Å². The summed E-state index contributed by atoms with van der Waals surface area (Å²) in [7, 11) is 0. The van der Waals surface area contributed by atoms with Crippen molar-refractivity contribution in [3.8, 4) is 5.69 Å². The van der Waals surface area contributed by atoms with Crippen LogP contribution in [-0.4, -0.2) is 22.1 Å². The number of imidazole rings is 1. The molecule has 0 spiro atoms. The Hall–Kier alpha value is -3.02. The van der Waals surface area contributed by atoms with E-state index in [9.17, 15) is 13.6 Å². The summed E-state index contributed by atoms with van der Waals surface area (Å²) in [5.41, 5.74) is 1.41. The zero-order chi connectivity index (χ0) is 18.5. The van der Waals surface area contributed by atoms with Gasteiger partial charge in [-0.2, -0.15) is 0 Å². The maximum atomic E-state index is 13.9. The Morgan fingerprint density at radius 2 is 1.81 bits per heavy atom. The highest BCUT2D eigenvalue weighted by molar-refractivity contribution is 5.88. The molecule has 0 fully saturated rings. The van der Waals surface area contributed by atoms with Crippen LogP contribution in [0.25, 0.3) is 5.69 Å². The van der Waals surface area contributed by atoms with Gasteiger partial charge in [0, 0.05) is 12.1 Å². The highest BCUT2D eigenvalue weighted by Gasteiger charge is 2.19. The van der Waals surface area contributed by atoms with Crippen LogP contribution in [0.4, 0.5) is 8.78 Å². The first kappa shape index (κ1) is 17.8. The van der Waals surface area contributed by atoms with Crippen LogP contribution in [0.2, 0.25) is 0 Å². The molecular weight excluding hydrogens is 338 g/mol. The fourth-order valence-electron chi connectivity index (χ4n) is 2.74. The molecule has 0 unspecified atom stereocenters. The minimum Gasteiger partial charge on any atom is -0.461 e. The van der Waals surface area contributed by atoms with Crippen LogP contribution in [0.1, 0.15) is 28.8 Å². The van der Waals surface area contributed by atoms with E-state index in [2.05, 4.69) is 4.98 Å². The van der Waals surface area contributed by atoms with Gasteiger partial charge in [0.05, 0.1) is 12.8 Å². The second-order valence-corrected chi connectivity index (χ2v) is 5.68. The number of ether oxygens (including phenoxy) is 1. The van der Waals surface area contributed by atoms with E-state index >= 15 is 0 Å². The van der Waals surface area contributed by atoms with Crippen molar-refractivity contribution < 1.29 is 18.3 Å². The Bertz CT molecular complexity index is 904. The van der Waals surface area contributed by atoms with Crippen LogP contribution in [0.3, 0.4) is 0 Å². The normalized spacial score (nSPS) is 10.7. The van der Waals surface area contributed by atoms with Gasteiger partial charge in [0.25, 0.3) is 0 Å². The standard InChI is InChI=1S/C20H18F2N2O2/c1-2-26-20(25)18-13-23-19(12-7-14-5-3-4-6-17(14)22)24(18)16-10-8-15(21)9-11-16/h3-6,8-11,13H,2,7,12H2,1H3. The van der Waals surface area contributed by atoms with Gasteiger partial charge in [0.1, 0.15) is 17.5 Å². The molecule has 0 N–H and O–H groups in total. The Kier molecular flexibility index (Phi) is 5.41. The van der Waals surface area contributed by atoms with Gasteiger partial charge in [0.2, 0.25) is 0 Å². The molecule has 4 nitrogen and oxygen atoms in total. The predicted molar refractivity (Wildman–Crippen MR) is 93.3 cm³/mol. The van der Waals surface area contributed by atoms with E-state index in [0.717, 1.165) is 0 Å². The van der Waals surface area contributed by atoms with E-state index in [-0.39, 0.29) is 23.9 Å². The molecule has 3 aromatic rings. The van der Waals surface area contributed by atoms with Gasteiger partial charge in [-0.1, -0.05) is 18.2 Å². The number of aryl methyl sites for hydroxylation is 2. The van der Waals surface area contributed by atoms with Gasteiger partial charge in [-0.15, -0.1) is 0 Å². The lowest BCUT2D eigenvalue weighted by atomic mass is 10.1. The third-order valence-electron chi connectivity index (χ3n) is 3.98. The van der Waals surface area contributed by atoms with E-state index in [1.165, 1.54) is 24.4 Å². The average Bonchev–Trinajstić information content (AvgIpc) is 3.06. The largest absolute Gasteiger partial charge is 0.461 e. The third-order valence-corrected chi connectivity index (χ3v) is 3.98. The lowest BCUT2D eigenvalue weighted by Gasteiger charge is -2.12. The molecule has 0 radical (unpaired) electrons. The molecule has 0 aliphatic carbocycles. The van der Waals surface area contributed by atoms with Gasteiger partial charge in [-0.05, 0) is 49.2 Å². The summed E-state index contributed by atoms with van der Waals surface area (Å²) in [6.45, 7) is 1.95. The quantitative estimate of drug-likeness (QED) is 0.624. The summed E-state index contributed by atoms with van der Waals surface area (Å²) < 4.78 is 33.8. The number of hydrogen-bond donors (Lipinski definition) is 0. The molecule has 2 aromatic carbocycles. The summed E-state index contributed by atoms with van der Waals surface area (Å²) >= 11 is 0. The maximum Gasteiger partial charge on any atom is 0.356 e. The summed E-state index contributed by atoms with van der Waals surface area (Å²) in [5, 5.41) is 0. The van der Waals surface area contributed by atoms with Crippen LogP contribution >= 0.6 is 0 Å². The maximum absolute atomic E-state index is 13.9. The summed E-state index contributed by atoms with van der Waals surface area (Å²) in [5.74, 6) is -0.596. The lowest BCUT2D eigenvalue weighted by Crippen LogP contribution is -2.13. The van der Waals surface area contributed by atoms with Gasteiger partial charge in [0.15, 0.2) is 5.69 Å². The second kappa shape index (κ2) is 7.91. The second-order valence-electron chi connectivity index (χ2n) is 5.68. The number of carbonyl (C=O) groups is 1. The van der Waals surface area contributed by atoms with Crippen molar-refractivity contribution in [1.29, 1.82) is 0 Å². The Balaban J connectivity index is 1.95. The number of rotatable bonds is 6. The average molecular weight is 356 g/mol. The third kappa shape index (κ3) is 3.79. The molecule has 3 rings (SSSR count). The van der Waals surface area contributed by atoms with Gasteiger partial charge < -0.3 is 4.74 Å². The summed E-state index contributed by atoms with van der Waals surface area (Å²) in [6.07, 6.45) is 2.27. The molecule has 0 aliphatic rings. The first-order valence-corrected chi connectivity index (χ1v) is 8.33. The minimum atomic E-state index is -0.513. The zero-order valence-corrected chi connectivity index (χ0v) is 14.3. The van der Waals surface area contributed by atoms with Crippen LogP contribution in [-0.2, 0) is 17.6 Å². The first-order valence-electron chi connectivity index (χ1n) is 8.33. The molecular formula is C20H18F2N2O2. The van der Waals surface area contributed by atoms with Crippen molar-refractivity contribution in [1.82, 2.24) is 9.55 Å². The van der Waals surface area contributed by atoms with E-state index in [4.69, 9.17) is 4.74 Å². The summed E-state index contributed by atoms with van der Waals surface area (Å²) in [4.78, 5) is 16.5. The number of nitrogens with zero attached hydrogens (tertiary/aromatic N) is 2. The van der Waals surface area contributed by atoms with E-state index in [1.807, 2.05) is 0 Å². The molecule has 0 amide bonds. The van der Waals surface area contributed by atoms with Gasteiger partial charge in [-0.3, -0.25) is 4.57 Å². The van der Waals surface area contributed by atoms with Crippen molar-refractivity contribution in [2.75, 3.05) is 6.61 Å². The van der Waals surface area contributed by atoms with E-state index in [1.54, 1.807) is 41.8 Å². The number of esters is 1. The van der Waals surface area contributed by atoms with Crippen LogP contribution in [0, 0.1) is 11.6 Å². The van der Waals surface area contributed by atoms with Crippen molar-refractivity contribution in [3.05, 3.63) is 83.4 Å². The van der Waals surface area contributed by atoms with Crippen LogP contribution in [0.15, 0.2) is 54.7 Å². The highest BCUT2D eigenvalue weighted by atomic mass is 19.1. The topological polar surface area (TPSA) is 44.1 Å². The molecule has 1 aromatic heterocycles. The molecule has 0 atom stereocenters. The minimum absolute atomic E-state index is 0.234. The highest BCUT2D eigenvalue weighted by Crippen LogP contribution is 2.19. The van der Waals surface area contributed by atoms with Crippen molar-refractivity contribution in [2.45, 2.75) is 19.8 Å². The Labute approximate surface area is 150 Å². The molecule has 0 saturated heterocycles. The zero-order valence-electron chi connectivity index (χ0n) is 14.3. The molecule has 0 aliphatic heterocycles. The fourth-order valence-corrected chi connectivity index (χ4v) is 2.74. The monoisotopic (exact) mass is 356 g/mol. The van der Waals surface area contributed by atoms with Crippen molar-refractivity contribution >= 4 is 5.97 Å². The Morgan fingerprint density at radius 3 is 2.50 bits per heavy atom. The molecule has 26 heavy (non-hydrogen) atoms. The van der Waals surface area contributed by atoms with E-state index < -0.39 is 5.97 Å². The molecule has 134 valence electrons. The van der Waals surface area contributed by atoms with Crippen molar-refractivity contribution in [3.63, 3.8) is 0 Å². The molecule has 0 bridgehead atoms. The van der Waals surface area contributed by atoms with Crippen LogP contribution < -0.4 is 0 Å². The number of hydrogen-bond acceptors (Lipinski definition) is 3. The predicted octanol–water partition coefficient (Wildman–Crippen LogP) is 4.11.